The fourth-order valence-corrected chi connectivity index (χ4v) is 2.67. The second-order valence-electron chi connectivity index (χ2n) is 5.81. The van der Waals surface area contributed by atoms with Gasteiger partial charge in [-0.2, -0.15) is 5.10 Å². The SMILES string of the molecule is COc1ccccc1OCc1cc(C(=O)N(C)[C@@H]2COC[C@H]2O)n[nH]1. The molecule has 1 aliphatic rings. The van der Waals surface area contributed by atoms with Gasteiger partial charge in [0.15, 0.2) is 17.2 Å². The molecule has 2 atom stereocenters. The Kier molecular flexibility index (Phi) is 5.20. The van der Waals surface area contributed by atoms with Crippen molar-refractivity contribution in [2.45, 2.75) is 18.8 Å². The Bertz CT molecular complexity index is 733. The highest BCUT2D eigenvalue weighted by atomic mass is 16.5. The van der Waals surface area contributed by atoms with Gasteiger partial charge in [-0.3, -0.25) is 9.89 Å². The standard InChI is InChI=1S/C17H21N3O5/c1-20(13-9-24-10-14(13)21)17(22)12-7-11(18-19-12)8-25-16-6-4-3-5-15(16)23-2/h3-7,13-14,21H,8-10H2,1-2H3,(H,18,19)/t13-,14-/m1/s1. The van der Waals surface area contributed by atoms with E-state index in [1.165, 1.54) is 4.90 Å². The summed E-state index contributed by atoms with van der Waals surface area (Å²) in [5.41, 5.74) is 0.922. The van der Waals surface area contributed by atoms with Crippen molar-refractivity contribution < 1.29 is 24.1 Å². The summed E-state index contributed by atoms with van der Waals surface area (Å²) in [7, 11) is 3.21. The zero-order valence-corrected chi connectivity index (χ0v) is 14.1. The third-order valence-corrected chi connectivity index (χ3v) is 4.14. The largest absolute Gasteiger partial charge is 0.493 e. The normalized spacial score (nSPS) is 19.6. The lowest BCUT2D eigenvalue weighted by Gasteiger charge is -2.24. The molecule has 1 aliphatic heterocycles. The van der Waals surface area contributed by atoms with Crippen molar-refractivity contribution in [3.63, 3.8) is 0 Å². The average molecular weight is 347 g/mol. The summed E-state index contributed by atoms with van der Waals surface area (Å²) in [6.07, 6.45) is -0.679. The van der Waals surface area contributed by atoms with Crippen LogP contribution in [0.3, 0.4) is 0 Å². The molecule has 1 fully saturated rings. The van der Waals surface area contributed by atoms with E-state index in [1.54, 1.807) is 32.4 Å². The van der Waals surface area contributed by atoms with E-state index in [4.69, 9.17) is 14.2 Å². The summed E-state index contributed by atoms with van der Waals surface area (Å²) in [5, 5.41) is 16.7. The minimum absolute atomic E-state index is 0.222. The Balaban J connectivity index is 1.63. The van der Waals surface area contributed by atoms with Gasteiger partial charge in [0.2, 0.25) is 0 Å². The van der Waals surface area contributed by atoms with Crippen LogP contribution in [0.4, 0.5) is 0 Å². The lowest BCUT2D eigenvalue weighted by molar-refractivity contribution is 0.0576. The third kappa shape index (κ3) is 3.75. The van der Waals surface area contributed by atoms with Crippen molar-refractivity contribution in [3.05, 3.63) is 41.7 Å². The Hall–Kier alpha value is -2.58. The van der Waals surface area contributed by atoms with E-state index in [0.29, 0.717) is 23.8 Å². The molecule has 2 N–H and O–H groups in total. The molecule has 0 spiro atoms. The molecule has 0 unspecified atom stereocenters. The number of benzene rings is 1. The van der Waals surface area contributed by atoms with Crippen molar-refractivity contribution in [2.24, 2.45) is 0 Å². The maximum Gasteiger partial charge on any atom is 0.274 e. The topological polar surface area (TPSA) is 96.9 Å². The Morgan fingerprint density at radius 2 is 2.16 bits per heavy atom. The Labute approximate surface area is 145 Å². The van der Waals surface area contributed by atoms with Crippen LogP contribution in [0.25, 0.3) is 0 Å². The molecular weight excluding hydrogens is 326 g/mol. The molecule has 3 rings (SSSR count). The fourth-order valence-electron chi connectivity index (χ4n) is 2.67. The highest BCUT2D eigenvalue weighted by Crippen LogP contribution is 2.26. The molecule has 1 amide bonds. The number of aromatic nitrogens is 2. The van der Waals surface area contributed by atoms with Crippen molar-refractivity contribution in [2.75, 3.05) is 27.4 Å². The van der Waals surface area contributed by atoms with Crippen molar-refractivity contribution in [3.8, 4) is 11.5 Å². The highest BCUT2D eigenvalue weighted by molar-refractivity contribution is 5.92. The summed E-state index contributed by atoms with van der Waals surface area (Å²) < 4.78 is 16.1. The molecule has 8 nitrogen and oxygen atoms in total. The van der Waals surface area contributed by atoms with Crippen LogP contribution < -0.4 is 9.47 Å². The molecule has 1 aromatic carbocycles. The first-order valence-electron chi connectivity index (χ1n) is 7.93. The number of hydrogen-bond donors (Lipinski definition) is 2. The smallest absolute Gasteiger partial charge is 0.274 e. The van der Waals surface area contributed by atoms with E-state index in [-0.39, 0.29) is 30.9 Å². The van der Waals surface area contributed by atoms with E-state index in [1.807, 2.05) is 12.1 Å². The molecular formula is C17H21N3O5. The Morgan fingerprint density at radius 3 is 2.84 bits per heavy atom. The minimum atomic E-state index is -0.679. The number of aliphatic hydroxyl groups excluding tert-OH is 1. The van der Waals surface area contributed by atoms with E-state index in [2.05, 4.69) is 10.2 Å². The predicted octanol–water partition coefficient (Wildman–Crippen LogP) is 0.829. The number of carbonyl (C=O) groups is 1. The molecule has 2 heterocycles. The summed E-state index contributed by atoms with van der Waals surface area (Å²) >= 11 is 0. The number of amides is 1. The number of methoxy groups -OCH3 is 1. The first-order valence-corrected chi connectivity index (χ1v) is 7.93. The van der Waals surface area contributed by atoms with Crippen molar-refractivity contribution >= 4 is 5.91 Å². The lowest BCUT2D eigenvalue weighted by atomic mass is 10.2. The summed E-state index contributed by atoms with van der Waals surface area (Å²) in [6.45, 7) is 0.776. The zero-order valence-electron chi connectivity index (χ0n) is 14.1. The number of ether oxygens (including phenoxy) is 3. The molecule has 1 aromatic heterocycles. The summed E-state index contributed by atoms with van der Waals surface area (Å²) in [4.78, 5) is 13.9. The van der Waals surface area contributed by atoms with Gasteiger partial charge in [-0.25, -0.2) is 0 Å². The van der Waals surface area contributed by atoms with Gasteiger partial charge in [-0.15, -0.1) is 0 Å². The minimum Gasteiger partial charge on any atom is -0.493 e. The molecule has 8 heteroatoms. The number of hydrogen-bond acceptors (Lipinski definition) is 6. The van der Waals surface area contributed by atoms with Crippen LogP contribution in [-0.2, 0) is 11.3 Å². The van der Waals surface area contributed by atoms with Crippen LogP contribution in [0.1, 0.15) is 16.2 Å². The second kappa shape index (κ2) is 7.54. The zero-order chi connectivity index (χ0) is 17.8. The van der Waals surface area contributed by atoms with Crippen LogP contribution in [0.5, 0.6) is 11.5 Å². The number of aromatic amines is 1. The average Bonchev–Trinajstić information content (AvgIpc) is 3.28. The summed E-state index contributed by atoms with van der Waals surface area (Å²) in [5.74, 6) is 0.957. The predicted molar refractivity (Wildman–Crippen MR) is 88.6 cm³/mol. The van der Waals surface area contributed by atoms with Crippen LogP contribution in [-0.4, -0.2) is 65.6 Å². The summed E-state index contributed by atoms with van der Waals surface area (Å²) in [6, 6.07) is 8.59. The molecule has 0 radical (unpaired) electrons. The van der Waals surface area contributed by atoms with Crippen LogP contribution in [0.15, 0.2) is 30.3 Å². The molecule has 134 valence electrons. The van der Waals surface area contributed by atoms with Gasteiger partial charge >= 0.3 is 0 Å². The first kappa shape index (κ1) is 17.2. The third-order valence-electron chi connectivity index (χ3n) is 4.14. The number of aliphatic hydroxyl groups is 1. The van der Waals surface area contributed by atoms with Crippen LogP contribution >= 0.6 is 0 Å². The number of nitrogens with zero attached hydrogens (tertiary/aromatic N) is 2. The number of nitrogens with one attached hydrogen (secondary N) is 1. The maximum atomic E-state index is 12.5. The monoisotopic (exact) mass is 347 g/mol. The number of carbonyl (C=O) groups excluding carboxylic acids is 1. The first-order chi connectivity index (χ1) is 12.1. The number of likely N-dealkylation sites (N-methyl/N-ethyl adjacent to an activating group) is 1. The van der Waals surface area contributed by atoms with Crippen molar-refractivity contribution in [1.29, 1.82) is 0 Å². The Morgan fingerprint density at radius 1 is 1.40 bits per heavy atom. The number of para-hydroxylation sites is 2. The van der Waals surface area contributed by atoms with E-state index in [0.717, 1.165) is 0 Å². The van der Waals surface area contributed by atoms with Gasteiger partial charge < -0.3 is 24.2 Å². The fraction of sp³-hybridized carbons (Fsp3) is 0.412. The van der Waals surface area contributed by atoms with Gasteiger partial charge in [0.1, 0.15) is 6.61 Å². The van der Waals surface area contributed by atoms with Crippen molar-refractivity contribution in [1.82, 2.24) is 15.1 Å². The van der Waals surface area contributed by atoms with Gasteiger partial charge in [0, 0.05) is 7.05 Å². The van der Waals surface area contributed by atoms with E-state index < -0.39 is 6.10 Å². The van der Waals surface area contributed by atoms with Gasteiger partial charge in [0.05, 0.1) is 38.2 Å². The second-order valence-corrected chi connectivity index (χ2v) is 5.81. The van der Waals surface area contributed by atoms with Gasteiger partial charge in [0.25, 0.3) is 5.91 Å². The molecule has 0 aliphatic carbocycles. The molecule has 1 saturated heterocycles. The molecule has 2 aromatic rings. The number of rotatable bonds is 6. The molecule has 0 bridgehead atoms. The molecule has 0 saturated carbocycles. The van der Waals surface area contributed by atoms with Crippen LogP contribution in [0, 0.1) is 0 Å². The quantitative estimate of drug-likeness (QED) is 0.803. The lowest BCUT2D eigenvalue weighted by Crippen LogP contribution is -2.44. The van der Waals surface area contributed by atoms with E-state index >= 15 is 0 Å². The highest BCUT2D eigenvalue weighted by Gasteiger charge is 2.33. The van der Waals surface area contributed by atoms with E-state index in [9.17, 15) is 9.90 Å². The maximum absolute atomic E-state index is 12.5. The van der Waals surface area contributed by atoms with Gasteiger partial charge in [-0.05, 0) is 18.2 Å². The van der Waals surface area contributed by atoms with Gasteiger partial charge in [-0.1, -0.05) is 12.1 Å². The molecule has 25 heavy (non-hydrogen) atoms. The number of H-pyrrole nitrogens is 1. The van der Waals surface area contributed by atoms with Crippen LogP contribution in [0.2, 0.25) is 0 Å².